The highest BCUT2D eigenvalue weighted by Crippen LogP contribution is 2.31. The monoisotopic (exact) mass is 632 g/mol. The zero-order chi connectivity index (χ0) is 32.2. The Balaban J connectivity index is 1.41. The Morgan fingerprint density at radius 1 is 0.977 bits per heavy atom. The van der Waals surface area contributed by atoms with Crippen LogP contribution in [0.4, 0.5) is 23.9 Å². The normalized spacial score (nSPS) is 20.5. The predicted molar refractivity (Wildman–Crippen MR) is 150 cm³/mol. The molecule has 4 atom stereocenters. The van der Waals surface area contributed by atoms with Gasteiger partial charge in [-0.05, 0) is 32.9 Å². The molecular formula is C28H39F3N4O9. The molecule has 1 aliphatic rings. The van der Waals surface area contributed by atoms with Crippen molar-refractivity contribution >= 4 is 12.0 Å². The molecule has 1 amide bonds. The first-order chi connectivity index (χ1) is 20.8. The number of hydrogen-bond donors (Lipinski definition) is 4. The molecule has 0 radical (unpaired) electrons. The average Bonchev–Trinajstić information content (AvgIpc) is 2.95. The Bertz CT molecular complexity index is 1160. The molecule has 2 aromatic rings. The van der Waals surface area contributed by atoms with Crippen LogP contribution in [0, 0.1) is 0 Å². The van der Waals surface area contributed by atoms with Crippen LogP contribution < -0.4 is 20.1 Å². The number of ether oxygens (including phenoxy) is 6. The summed E-state index contributed by atoms with van der Waals surface area (Å²) in [4.78, 5) is 19.0. The van der Waals surface area contributed by atoms with Gasteiger partial charge in [-0.2, -0.15) is 18.2 Å². The van der Waals surface area contributed by atoms with Crippen molar-refractivity contribution in [2.75, 3.05) is 58.1 Å². The van der Waals surface area contributed by atoms with Crippen LogP contribution in [0.1, 0.15) is 26.5 Å². The third-order valence-corrected chi connectivity index (χ3v) is 5.86. The van der Waals surface area contributed by atoms with Crippen LogP contribution in [-0.2, 0) is 25.1 Å². The summed E-state index contributed by atoms with van der Waals surface area (Å²) in [6.45, 7) is 5.83. The van der Waals surface area contributed by atoms with E-state index < -0.39 is 53.9 Å². The predicted octanol–water partition coefficient (Wildman–Crippen LogP) is 2.41. The standard InChI is InChI=1S/C28H39F3N4O9/c1-27(2,3)44-26(38)32-9-10-39-11-12-40-13-14-41-22-15-21(28(29,30)31)34-25(35-22)33-19-16-43-20(24(37)23(19)36)17-42-18-7-5-4-6-8-18/h4-8,15,19-20,23-24,36-37H,9-14,16-17H2,1-3H3,(H,32,38)(H,33,34,35)/t19-,20+,23+,24-/m0/s1. The molecule has 13 nitrogen and oxygen atoms in total. The van der Waals surface area contributed by atoms with Crippen LogP contribution in [0.2, 0.25) is 0 Å². The molecule has 0 unspecified atom stereocenters. The topological polar surface area (TPSA) is 163 Å². The van der Waals surface area contributed by atoms with E-state index in [0.717, 1.165) is 0 Å². The maximum Gasteiger partial charge on any atom is 0.433 e. The van der Waals surface area contributed by atoms with Crippen molar-refractivity contribution in [3.8, 4) is 11.6 Å². The summed E-state index contributed by atoms with van der Waals surface area (Å²) in [5.74, 6) is -0.293. The maximum absolute atomic E-state index is 13.5. The summed E-state index contributed by atoms with van der Waals surface area (Å²) in [6, 6.07) is 8.43. The number of carbonyl (C=O) groups excluding carboxylic acids is 1. The molecule has 44 heavy (non-hydrogen) atoms. The number of aliphatic hydroxyl groups is 2. The molecule has 1 aliphatic heterocycles. The van der Waals surface area contributed by atoms with Gasteiger partial charge in [0.05, 0.1) is 39.1 Å². The van der Waals surface area contributed by atoms with E-state index in [-0.39, 0.29) is 58.7 Å². The van der Waals surface area contributed by atoms with Crippen LogP contribution in [0.3, 0.4) is 0 Å². The number of benzene rings is 1. The maximum atomic E-state index is 13.5. The number of aromatic nitrogens is 2. The lowest BCUT2D eigenvalue weighted by atomic mass is 9.98. The summed E-state index contributed by atoms with van der Waals surface area (Å²) in [5.41, 5.74) is -1.86. The Labute approximate surface area is 253 Å². The van der Waals surface area contributed by atoms with Crippen molar-refractivity contribution in [1.29, 1.82) is 0 Å². The molecule has 2 heterocycles. The van der Waals surface area contributed by atoms with Crippen molar-refractivity contribution in [3.05, 3.63) is 42.1 Å². The summed E-state index contributed by atoms with van der Waals surface area (Å²) >= 11 is 0. The number of alkyl carbamates (subject to hydrolysis) is 1. The van der Waals surface area contributed by atoms with E-state index in [4.69, 9.17) is 28.4 Å². The van der Waals surface area contributed by atoms with E-state index >= 15 is 0 Å². The summed E-state index contributed by atoms with van der Waals surface area (Å²) in [7, 11) is 0. The molecule has 1 aromatic carbocycles. The third kappa shape index (κ3) is 12.3. The molecule has 246 valence electrons. The van der Waals surface area contributed by atoms with Gasteiger partial charge >= 0.3 is 12.3 Å². The number of amides is 1. The van der Waals surface area contributed by atoms with Gasteiger partial charge in [0.15, 0.2) is 5.69 Å². The molecule has 0 aliphatic carbocycles. The molecule has 0 saturated carbocycles. The smallest absolute Gasteiger partial charge is 0.433 e. The van der Waals surface area contributed by atoms with Crippen LogP contribution in [0.15, 0.2) is 36.4 Å². The number of carbonyl (C=O) groups is 1. The molecule has 1 fully saturated rings. The van der Waals surface area contributed by atoms with Crippen molar-refractivity contribution < 1.29 is 56.6 Å². The molecule has 0 spiro atoms. The Morgan fingerprint density at radius 3 is 2.34 bits per heavy atom. The van der Waals surface area contributed by atoms with Gasteiger partial charge < -0.3 is 49.3 Å². The lowest BCUT2D eigenvalue weighted by Crippen LogP contribution is -2.57. The second-order valence-corrected chi connectivity index (χ2v) is 10.6. The highest BCUT2D eigenvalue weighted by atomic mass is 19.4. The lowest BCUT2D eigenvalue weighted by molar-refractivity contribution is -0.150. The fraction of sp³-hybridized carbons (Fsp3) is 0.607. The summed E-state index contributed by atoms with van der Waals surface area (Å²) in [6.07, 6.45) is -9.03. The van der Waals surface area contributed by atoms with Crippen molar-refractivity contribution in [3.63, 3.8) is 0 Å². The minimum absolute atomic E-state index is 0.0292. The SMILES string of the molecule is CC(C)(C)OC(=O)NCCOCCOCCOc1cc(C(F)(F)F)nc(N[C@H]2CO[C@H](COc3ccccc3)[C@H](O)[C@@H]2O)n1. The van der Waals surface area contributed by atoms with E-state index in [1.807, 2.05) is 6.07 Å². The first-order valence-electron chi connectivity index (χ1n) is 14.0. The molecule has 1 aromatic heterocycles. The van der Waals surface area contributed by atoms with Crippen molar-refractivity contribution in [1.82, 2.24) is 15.3 Å². The number of hydrogen-bond acceptors (Lipinski definition) is 12. The fourth-order valence-corrected chi connectivity index (χ4v) is 3.79. The van der Waals surface area contributed by atoms with Gasteiger partial charge in [0, 0.05) is 12.6 Å². The van der Waals surface area contributed by atoms with E-state index in [0.29, 0.717) is 11.8 Å². The minimum atomic E-state index is -4.80. The summed E-state index contributed by atoms with van der Waals surface area (Å²) in [5, 5.41) is 26.3. The molecular weight excluding hydrogens is 593 g/mol. The zero-order valence-corrected chi connectivity index (χ0v) is 24.7. The Morgan fingerprint density at radius 2 is 1.66 bits per heavy atom. The van der Waals surface area contributed by atoms with Crippen LogP contribution >= 0.6 is 0 Å². The second-order valence-electron chi connectivity index (χ2n) is 10.6. The van der Waals surface area contributed by atoms with Crippen LogP contribution in [0.25, 0.3) is 0 Å². The van der Waals surface area contributed by atoms with E-state index in [9.17, 15) is 28.2 Å². The first-order valence-corrected chi connectivity index (χ1v) is 14.0. The molecule has 3 rings (SSSR count). The first kappa shape index (κ1) is 35.0. The number of alkyl halides is 3. The van der Waals surface area contributed by atoms with Gasteiger partial charge in [-0.1, -0.05) is 18.2 Å². The molecule has 1 saturated heterocycles. The lowest BCUT2D eigenvalue weighted by Gasteiger charge is -2.37. The molecule has 16 heteroatoms. The third-order valence-electron chi connectivity index (χ3n) is 5.86. The zero-order valence-electron chi connectivity index (χ0n) is 24.7. The molecule has 0 bridgehead atoms. The van der Waals surface area contributed by atoms with Crippen molar-refractivity contribution in [2.45, 2.75) is 56.9 Å². The van der Waals surface area contributed by atoms with Gasteiger partial charge in [0.2, 0.25) is 11.8 Å². The number of nitrogens with one attached hydrogen (secondary N) is 2. The Hall–Kier alpha value is -3.44. The average molecular weight is 633 g/mol. The quantitative estimate of drug-likeness (QED) is 0.213. The van der Waals surface area contributed by atoms with Crippen molar-refractivity contribution in [2.24, 2.45) is 0 Å². The number of anilines is 1. The number of aliphatic hydroxyl groups excluding tert-OH is 2. The highest BCUT2D eigenvalue weighted by Gasteiger charge is 2.40. The van der Waals surface area contributed by atoms with Gasteiger partial charge in [-0.25, -0.2) is 9.78 Å². The fourth-order valence-electron chi connectivity index (χ4n) is 3.79. The number of rotatable bonds is 15. The number of nitrogens with zero attached hydrogens (tertiary/aromatic N) is 2. The largest absolute Gasteiger partial charge is 0.491 e. The second kappa shape index (κ2) is 16.6. The molecule has 4 N–H and O–H groups in total. The van der Waals surface area contributed by atoms with Crippen LogP contribution in [0.5, 0.6) is 11.6 Å². The van der Waals surface area contributed by atoms with Crippen LogP contribution in [-0.4, -0.2) is 109 Å². The van der Waals surface area contributed by atoms with Gasteiger partial charge in [-0.3, -0.25) is 0 Å². The van der Waals surface area contributed by atoms with E-state index in [1.165, 1.54) is 0 Å². The number of halogens is 3. The van der Waals surface area contributed by atoms with E-state index in [2.05, 4.69) is 20.6 Å². The van der Waals surface area contributed by atoms with Gasteiger partial charge in [-0.15, -0.1) is 0 Å². The van der Waals surface area contributed by atoms with E-state index in [1.54, 1.807) is 45.0 Å². The summed E-state index contributed by atoms with van der Waals surface area (Å²) < 4.78 is 72.8. The number of para-hydroxylation sites is 1. The Kier molecular flexibility index (Phi) is 13.2. The van der Waals surface area contributed by atoms with Gasteiger partial charge in [0.25, 0.3) is 0 Å². The van der Waals surface area contributed by atoms with Gasteiger partial charge in [0.1, 0.15) is 42.9 Å². The highest BCUT2D eigenvalue weighted by molar-refractivity contribution is 5.67. The minimum Gasteiger partial charge on any atom is -0.491 e.